The fourth-order valence-corrected chi connectivity index (χ4v) is 5.92. The number of piperidine rings is 1. The predicted octanol–water partition coefficient (Wildman–Crippen LogP) is 4.77. The smallest absolute Gasteiger partial charge is 0.260 e. The van der Waals surface area contributed by atoms with Gasteiger partial charge in [-0.15, -0.1) is 0 Å². The number of ether oxygens (including phenoxy) is 1. The lowest BCUT2D eigenvalue weighted by Gasteiger charge is -2.33. The number of amidine groups is 1. The van der Waals surface area contributed by atoms with Crippen molar-refractivity contribution in [3.63, 3.8) is 0 Å². The van der Waals surface area contributed by atoms with Crippen LogP contribution in [0.15, 0.2) is 45.4 Å². The van der Waals surface area contributed by atoms with Crippen molar-refractivity contribution in [1.82, 2.24) is 25.7 Å². The van der Waals surface area contributed by atoms with Crippen LogP contribution in [0, 0.1) is 12.8 Å². The highest BCUT2D eigenvalue weighted by molar-refractivity contribution is 6.37. The van der Waals surface area contributed by atoms with E-state index in [1.165, 1.54) is 0 Å². The molecule has 1 aromatic heterocycles. The number of amides is 1. The normalized spacial score (nSPS) is 22.2. The highest BCUT2D eigenvalue weighted by Crippen LogP contribution is 2.34. The molecule has 1 unspecified atom stereocenters. The Morgan fingerprint density at radius 1 is 1.25 bits per heavy atom. The third-order valence-electron chi connectivity index (χ3n) is 7.88. The van der Waals surface area contributed by atoms with Crippen LogP contribution >= 0.6 is 11.6 Å². The highest BCUT2D eigenvalue weighted by atomic mass is 35.5. The zero-order valence-electron chi connectivity index (χ0n) is 23.6. The molecule has 0 radical (unpaired) electrons. The zero-order chi connectivity index (χ0) is 28.1. The number of benzene rings is 1. The van der Waals surface area contributed by atoms with Gasteiger partial charge in [-0.05, 0) is 77.1 Å². The Kier molecular flexibility index (Phi) is 9.47. The van der Waals surface area contributed by atoms with Crippen LogP contribution in [0.4, 0.5) is 0 Å². The van der Waals surface area contributed by atoms with Gasteiger partial charge in [0, 0.05) is 60.0 Å². The molecule has 40 heavy (non-hydrogen) atoms. The number of nitrogens with zero attached hydrogens (tertiary/aromatic N) is 4. The van der Waals surface area contributed by atoms with Crippen molar-refractivity contribution < 1.29 is 14.1 Å². The minimum absolute atomic E-state index is 0.0818. The number of aromatic nitrogens is 2. The topological polar surface area (TPSA) is 105 Å². The SMILES string of the molecule is C/C=C1/C=C(c2ccc(-c3noc(C)n3)cc2Cl)C(=O)N(CCC2CCNCC2)/C1=N/C(C)NC1CCOCC1. The molecule has 2 fully saturated rings. The number of aryl methyl sites for hydroxylation is 1. The zero-order valence-corrected chi connectivity index (χ0v) is 24.3. The first-order valence-corrected chi connectivity index (χ1v) is 14.7. The lowest BCUT2D eigenvalue weighted by atomic mass is 9.92. The van der Waals surface area contributed by atoms with Crippen LogP contribution < -0.4 is 10.6 Å². The monoisotopic (exact) mass is 566 g/mol. The molecular formula is C30H39ClN6O3. The Labute approximate surface area is 241 Å². The summed E-state index contributed by atoms with van der Waals surface area (Å²) in [6, 6.07) is 5.88. The minimum Gasteiger partial charge on any atom is -0.381 e. The Morgan fingerprint density at radius 3 is 2.70 bits per heavy atom. The summed E-state index contributed by atoms with van der Waals surface area (Å²) in [5.41, 5.74) is 2.88. The number of rotatable bonds is 8. The van der Waals surface area contributed by atoms with E-state index in [4.69, 9.17) is 25.9 Å². The molecule has 0 saturated carbocycles. The summed E-state index contributed by atoms with van der Waals surface area (Å²) in [6.07, 6.45) is 8.91. The molecule has 0 spiro atoms. The van der Waals surface area contributed by atoms with Gasteiger partial charge in [-0.3, -0.25) is 15.0 Å². The van der Waals surface area contributed by atoms with Crippen LogP contribution in [0.1, 0.15) is 57.4 Å². The van der Waals surface area contributed by atoms with Gasteiger partial charge in [0.1, 0.15) is 5.84 Å². The third-order valence-corrected chi connectivity index (χ3v) is 8.19. The molecule has 2 aromatic rings. The Balaban J connectivity index is 1.45. The van der Waals surface area contributed by atoms with Crippen LogP contribution in [0.2, 0.25) is 5.02 Å². The average molecular weight is 567 g/mol. The maximum atomic E-state index is 14.2. The van der Waals surface area contributed by atoms with Gasteiger partial charge < -0.3 is 14.6 Å². The summed E-state index contributed by atoms with van der Waals surface area (Å²) in [6.45, 7) is 9.98. The molecule has 4 heterocycles. The number of halogens is 1. The first-order valence-electron chi connectivity index (χ1n) is 14.4. The summed E-state index contributed by atoms with van der Waals surface area (Å²) in [5.74, 6) is 2.16. The Bertz CT molecular complexity index is 1290. The summed E-state index contributed by atoms with van der Waals surface area (Å²) in [4.78, 5) is 25.4. The number of nitrogens with one attached hydrogen (secondary N) is 2. The van der Waals surface area contributed by atoms with Crippen LogP contribution in [0.5, 0.6) is 0 Å². The van der Waals surface area contributed by atoms with Gasteiger partial charge >= 0.3 is 0 Å². The fourth-order valence-electron chi connectivity index (χ4n) is 5.63. The second-order valence-electron chi connectivity index (χ2n) is 10.8. The van der Waals surface area contributed by atoms with Crippen LogP contribution in [-0.2, 0) is 9.53 Å². The van der Waals surface area contributed by atoms with Crippen molar-refractivity contribution >= 4 is 28.9 Å². The van der Waals surface area contributed by atoms with E-state index in [9.17, 15) is 4.79 Å². The molecule has 1 atom stereocenters. The second-order valence-corrected chi connectivity index (χ2v) is 11.2. The standard InChI is InChI=1S/C30H39ClN6O3/c1-4-22-17-26(25-6-5-23(18-27(25)31)28-35-20(3)40-36-28)30(38)37(14-9-21-7-12-32-13-8-21)29(22)34-19(2)33-24-10-15-39-16-11-24/h4-6,17-19,21,24,32-33H,7-16H2,1-3H3/b22-4-,34-29+. The van der Waals surface area contributed by atoms with E-state index in [2.05, 4.69) is 27.7 Å². The molecule has 1 amide bonds. The Morgan fingerprint density at radius 2 is 2.02 bits per heavy atom. The van der Waals surface area contributed by atoms with Crippen LogP contribution in [0.25, 0.3) is 17.0 Å². The first kappa shape index (κ1) is 28.7. The van der Waals surface area contributed by atoms with E-state index >= 15 is 0 Å². The molecular weight excluding hydrogens is 528 g/mol. The van der Waals surface area contributed by atoms with Crippen LogP contribution in [0.3, 0.4) is 0 Å². The number of aliphatic imine (C=N–C) groups is 1. The van der Waals surface area contributed by atoms with E-state index in [0.717, 1.165) is 69.5 Å². The van der Waals surface area contributed by atoms with E-state index in [1.807, 2.05) is 36.1 Å². The van der Waals surface area contributed by atoms with Crippen molar-refractivity contribution in [2.75, 3.05) is 32.8 Å². The quantitative estimate of drug-likeness (QED) is 0.474. The van der Waals surface area contributed by atoms with Crippen molar-refractivity contribution in [3.05, 3.63) is 52.4 Å². The molecule has 214 valence electrons. The fraction of sp³-hybridized carbons (Fsp3) is 0.533. The summed E-state index contributed by atoms with van der Waals surface area (Å²) < 4.78 is 10.6. The average Bonchev–Trinajstić information content (AvgIpc) is 3.40. The minimum atomic E-state index is -0.140. The van der Waals surface area contributed by atoms with Gasteiger partial charge in [-0.2, -0.15) is 4.98 Å². The summed E-state index contributed by atoms with van der Waals surface area (Å²) in [7, 11) is 0. The van der Waals surface area contributed by atoms with E-state index in [-0.39, 0.29) is 12.1 Å². The molecule has 1 aromatic carbocycles. The van der Waals surface area contributed by atoms with Crippen LogP contribution in [-0.4, -0.2) is 71.8 Å². The maximum absolute atomic E-state index is 14.2. The molecule has 0 bridgehead atoms. The molecule has 2 N–H and O–H groups in total. The van der Waals surface area contributed by atoms with E-state index < -0.39 is 0 Å². The predicted molar refractivity (Wildman–Crippen MR) is 157 cm³/mol. The van der Waals surface area contributed by atoms with Crippen molar-refractivity contribution in [3.8, 4) is 11.4 Å². The number of hydrogen-bond acceptors (Lipinski definition) is 8. The number of allylic oxidation sites excluding steroid dienone is 1. The van der Waals surface area contributed by atoms with Gasteiger partial charge in [0.15, 0.2) is 0 Å². The molecule has 9 nitrogen and oxygen atoms in total. The lowest BCUT2D eigenvalue weighted by molar-refractivity contribution is -0.121. The van der Waals surface area contributed by atoms with Gasteiger partial charge in [-0.1, -0.05) is 35.0 Å². The molecule has 0 aliphatic carbocycles. The number of carbonyl (C=O) groups is 1. The summed E-state index contributed by atoms with van der Waals surface area (Å²) in [5, 5.41) is 11.5. The third kappa shape index (κ3) is 6.71. The Hall–Kier alpha value is -2.85. The van der Waals surface area contributed by atoms with Gasteiger partial charge in [-0.25, -0.2) is 4.99 Å². The van der Waals surface area contributed by atoms with Crippen molar-refractivity contribution in [2.45, 2.75) is 65.1 Å². The lowest BCUT2D eigenvalue weighted by Crippen LogP contribution is -2.45. The highest BCUT2D eigenvalue weighted by Gasteiger charge is 2.33. The molecule has 3 aliphatic heterocycles. The number of carbonyl (C=O) groups excluding carboxylic acids is 1. The second kappa shape index (κ2) is 13.2. The molecule has 3 aliphatic rings. The van der Waals surface area contributed by atoms with Crippen molar-refractivity contribution in [1.29, 1.82) is 0 Å². The van der Waals surface area contributed by atoms with E-state index in [1.54, 1.807) is 13.0 Å². The molecule has 2 saturated heterocycles. The molecule has 5 rings (SSSR count). The first-order chi connectivity index (χ1) is 19.4. The van der Waals surface area contributed by atoms with Gasteiger partial charge in [0.2, 0.25) is 11.7 Å². The molecule has 10 heteroatoms. The summed E-state index contributed by atoms with van der Waals surface area (Å²) >= 11 is 6.78. The van der Waals surface area contributed by atoms with E-state index in [0.29, 0.717) is 52.2 Å². The van der Waals surface area contributed by atoms with Crippen molar-refractivity contribution in [2.24, 2.45) is 10.9 Å². The maximum Gasteiger partial charge on any atom is 0.260 e. The van der Waals surface area contributed by atoms with Gasteiger partial charge in [0.25, 0.3) is 5.91 Å². The number of hydrogen-bond donors (Lipinski definition) is 2. The largest absolute Gasteiger partial charge is 0.381 e. The van der Waals surface area contributed by atoms with Gasteiger partial charge in [0.05, 0.1) is 6.17 Å².